The topological polar surface area (TPSA) is 77.8 Å². The number of aromatic carboxylic acids is 1. The van der Waals surface area contributed by atoms with Crippen molar-refractivity contribution in [2.24, 2.45) is 11.8 Å². The molecule has 4 nitrogen and oxygen atoms in total. The van der Waals surface area contributed by atoms with Gasteiger partial charge in [0.05, 0.1) is 6.10 Å². The Labute approximate surface area is 174 Å². The summed E-state index contributed by atoms with van der Waals surface area (Å²) in [6.07, 6.45) is 6.65. The number of aliphatic hydroxyl groups excluding tert-OH is 1. The number of thiophene rings is 1. The van der Waals surface area contributed by atoms with Crippen LogP contribution in [0, 0.1) is 18.8 Å². The molecule has 3 N–H and O–H groups in total. The van der Waals surface area contributed by atoms with E-state index < -0.39 is 12.1 Å². The molecule has 0 saturated heterocycles. The van der Waals surface area contributed by atoms with E-state index in [1.54, 1.807) is 18.2 Å². The third kappa shape index (κ3) is 5.16. The van der Waals surface area contributed by atoms with Crippen LogP contribution in [0.2, 0.25) is 0 Å². The predicted molar refractivity (Wildman–Crippen MR) is 113 cm³/mol. The van der Waals surface area contributed by atoms with Crippen molar-refractivity contribution >= 4 is 35.0 Å². The van der Waals surface area contributed by atoms with E-state index in [1.165, 1.54) is 11.3 Å². The number of halogens is 1. The zero-order valence-electron chi connectivity index (χ0n) is 15.7. The summed E-state index contributed by atoms with van der Waals surface area (Å²) in [6, 6.07) is 8.92. The van der Waals surface area contributed by atoms with Crippen molar-refractivity contribution in [1.29, 1.82) is 0 Å². The van der Waals surface area contributed by atoms with E-state index in [4.69, 9.17) is 16.7 Å². The summed E-state index contributed by atoms with van der Waals surface area (Å²) < 4.78 is 0. The summed E-state index contributed by atoms with van der Waals surface area (Å²) in [4.78, 5) is 12.4. The lowest BCUT2D eigenvalue weighted by atomic mass is 9.89. The molecule has 0 radical (unpaired) electrons. The van der Waals surface area contributed by atoms with Gasteiger partial charge in [-0.2, -0.15) is 0 Å². The molecule has 0 unspecified atom stereocenters. The lowest BCUT2D eigenvalue weighted by molar-refractivity contribution is 0.0702. The summed E-state index contributed by atoms with van der Waals surface area (Å²) in [5.41, 5.74) is 1.89. The van der Waals surface area contributed by atoms with Crippen LogP contribution < -0.4 is 0 Å². The van der Waals surface area contributed by atoms with Crippen LogP contribution in [0.1, 0.15) is 44.9 Å². The number of carboxylic acids is 1. The quantitative estimate of drug-likeness (QED) is 0.544. The molecule has 3 rings (SSSR count). The molecule has 0 spiro atoms. The highest BCUT2D eigenvalue weighted by Crippen LogP contribution is 2.40. The van der Waals surface area contributed by atoms with Crippen LogP contribution in [0.4, 0.5) is 0 Å². The van der Waals surface area contributed by atoms with Gasteiger partial charge >= 0.3 is 5.97 Å². The maximum atomic E-state index is 11.0. The number of phenolic OH excluding ortho intramolecular Hbond substituents is 1. The Balaban J connectivity index is 1.62. The lowest BCUT2D eigenvalue weighted by Gasteiger charge is -2.20. The van der Waals surface area contributed by atoms with Gasteiger partial charge in [-0.25, -0.2) is 4.79 Å². The van der Waals surface area contributed by atoms with Crippen LogP contribution in [0.3, 0.4) is 0 Å². The van der Waals surface area contributed by atoms with Gasteiger partial charge in [0.2, 0.25) is 0 Å². The van der Waals surface area contributed by atoms with Gasteiger partial charge in [0.25, 0.3) is 0 Å². The highest BCUT2D eigenvalue weighted by Gasteiger charge is 2.39. The smallest absolute Gasteiger partial charge is 0.345 e. The van der Waals surface area contributed by atoms with Crippen molar-refractivity contribution in [2.45, 2.75) is 44.1 Å². The fraction of sp³-hybridized carbons (Fsp3) is 0.409. The Hall–Kier alpha value is -1.82. The van der Waals surface area contributed by atoms with Gasteiger partial charge in [-0.1, -0.05) is 18.2 Å². The highest BCUT2D eigenvalue weighted by atomic mass is 35.5. The maximum Gasteiger partial charge on any atom is 0.345 e. The molecule has 0 aliphatic heterocycles. The molecule has 1 aliphatic carbocycles. The number of benzene rings is 1. The first-order chi connectivity index (χ1) is 13.3. The minimum absolute atomic E-state index is 0.0249. The van der Waals surface area contributed by atoms with E-state index in [-0.39, 0.29) is 23.0 Å². The monoisotopic (exact) mass is 420 g/mol. The lowest BCUT2D eigenvalue weighted by Crippen LogP contribution is -2.18. The standard InChI is InChI=1S/C22H25ClO4S/c1-13-9-14(11-15(24)10-13)5-7-18-17(19(23)12-20(18)25)4-2-3-16-6-8-21(28-16)22(26)27/h5-11,17-20,24-25H,2-4,12H2,1H3,(H,26,27)/t17-,18-,19-,20-/m1/s1. The number of carboxylic acid groups (broad SMARTS) is 1. The zero-order valence-corrected chi connectivity index (χ0v) is 17.3. The molecule has 1 saturated carbocycles. The number of aliphatic hydroxyl groups is 1. The molecule has 1 aliphatic rings. The second-order valence-corrected chi connectivity index (χ2v) is 9.21. The molecule has 4 atom stereocenters. The molecule has 1 heterocycles. The number of alkyl halides is 1. The first kappa shape index (κ1) is 20.9. The molecule has 6 heteroatoms. The summed E-state index contributed by atoms with van der Waals surface area (Å²) >= 11 is 7.83. The molecule has 1 aromatic heterocycles. The molecule has 1 aromatic carbocycles. The van der Waals surface area contributed by atoms with E-state index >= 15 is 0 Å². The van der Waals surface area contributed by atoms with E-state index in [1.807, 2.05) is 31.2 Å². The van der Waals surface area contributed by atoms with E-state index in [0.717, 1.165) is 35.3 Å². The number of hydrogen-bond donors (Lipinski definition) is 3. The second-order valence-electron chi connectivity index (χ2n) is 7.48. The molecule has 0 amide bonds. The van der Waals surface area contributed by atoms with Crippen molar-refractivity contribution < 1.29 is 20.1 Å². The molecule has 1 fully saturated rings. The number of carbonyl (C=O) groups is 1. The molecule has 0 bridgehead atoms. The summed E-state index contributed by atoms with van der Waals surface area (Å²) in [5, 5.41) is 29.2. The van der Waals surface area contributed by atoms with Crippen molar-refractivity contribution in [3.8, 4) is 5.75 Å². The zero-order chi connectivity index (χ0) is 20.3. The Bertz CT molecular complexity index is 840. The first-order valence-corrected chi connectivity index (χ1v) is 10.7. The first-order valence-electron chi connectivity index (χ1n) is 9.46. The normalized spacial score (nSPS) is 24.8. The van der Waals surface area contributed by atoms with Crippen LogP contribution in [0.15, 0.2) is 36.4 Å². The third-order valence-corrected chi connectivity index (χ3v) is 6.93. The van der Waals surface area contributed by atoms with Crippen LogP contribution >= 0.6 is 22.9 Å². The van der Waals surface area contributed by atoms with Crippen molar-refractivity contribution in [3.05, 3.63) is 57.3 Å². The summed E-state index contributed by atoms with van der Waals surface area (Å²) in [5.74, 6) is -0.508. The van der Waals surface area contributed by atoms with Gasteiger partial charge in [-0.15, -0.1) is 22.9 Å². The molecule has 150 valence electrons. The third-order valence-electron chi connectivity index (χ3n) is 5.30. The fourth-order valence-electron chi connectivity index (χ4n) is 3.98. The average molecular weight is 421 g/mol. The van der Waals surface area contributed by atoms with Gasteiger partial charge in [-0.3, -0.25) is 0 Å². The SMILES string of the molecule is Cc1cc(O)cc(C=C[C@@H]2[C@@H](CCCc3ccc(C(=O)O)s3)[C@H](Cl)C[C@H]2O)c1. The molecular weight excluding hydrogens is 396 g/mol. The van der Waals surface area contributed by atoms with Crippen LogP contribution in [-0.2, 0) is 6.42 Å². The number of rotatable bonds is 7. The van der Waals surface area contributed by atoms with Gasteiger partial charge in [-0.05, 0) is 73.9 Å². The van der Waals surface area contributed by atoms with Gasteiger partial charge in [0, 0.05) is 16.2 Å². The Morgan fingerprint density at radius 1 is 1.32 bits per heavy atom. The van der Waals surface area contributed by atoms with Gasteiger partial charge < -0.3 is 15.3 Å². The number of aryl methyl sites for hydroxylation is 2. The van der Waals surface area contributed by atoms with Crippen LogP contribution in [0.5, 0.6) is 5.75 Å². The van der Waals surface area contributed by atoms with E-state index in [2.05, 4.69) is 0 Å². The average Bonchev–Trinajstić information content (AvgIpc) is 3.18. The Kier molecular flexibility index (Phi) is 6.81. The Morgan fingerprint density at radius 2 is 2.11 bits per heavy atom. The highest BCUT2D eigenvalue weighted by molar-refractivity contribution is 7.13. The largest absolute Gasteiger partial charge is 0.508 e. The van der Waals surface area contributed by atoms with Crippen molar-refractivity contribution in [3.63, 3.8) is 0 Å². The minimum atomic E-state index is -0.886. The van der Waals surface area contributed by atoms with Crippen LogP contribution in [-0.4, -0.2) is 32.8 Å². The maximum absolute atomic E-state index is 11.0. The van der Waals surface area contributed by atoms with E-state index in [0.29, 0.717) is 11.3 Å². The number of hydrogen-bond acceptors (Lipinski definition) is 4. The molecular formula is C22H25ClO4S. The molecule has 2 aromatic rings. The predicted octanol–water partition coefficient (Wildman–Crippen LogP) is 5.10. The second kappa shape index (κ2) is 9.12. The van der Waals surface area contributed by atoms with E-state index in [9.17, 15) is 15.0 Å². The van der Waals surface area contributed by atoms with Gasteiger partial charge in [0.1, 0.15) is 10.6 Å². The molecule has 28 heavy (non-hydrogen) atoms. The van der Waals surface area contributed by atoms with Gasteiger partial charge in [0.15, 0.2) is 0 Å². The minimum Gasteiger partial charge on any atom is -0.508 e. The van der Waals surface area contributed by atoms with Crippen molar-refractivity contribution in [2.75, 3.05) is 0 Å². The Morgan fingerprint density at radius 3 is 2.79 bits per heavy atom. The summed E-state index contributed by atoms with van der Waals surface area (Å²) in [6.45, 7) is 1.93. The number of aromatic hydroxyl groups is 1. The fourth-order valence-corrected chi connectivity index (χ4v) is 5.35. The van der Waals surface area contributed by atoms with Crippen molar-refractivity contribution in [1.82, 2.24) is 0 Å². The summed E-state index contributed by atoms with van der Waals surface area (Å²) in [7, 11) is 0. The number of phenols is 1. The van der Waals surface area contributed by atoms with Crippen LogP contribution in [0.25, 0.3) is 6.08 Å².